The molecule has 1 aromatic heterocycles. The normalized spacial score (nSPS) is 33.1. The summed E-state index contributed by atoms with van der Waals surface area (Å²) >= 11 is 0. The first-order valence-corrected chi connectivity index (χ1v) is 6.96. The number of fused-ring (bicyclic) bond motifs is 1. The molecule has 2 fully saturated rings. The first-order valence-electron chi connectivity index (χ1n) is 6.96. The van der Waals surface area contributed by atoms with Crippen molar-refractivity contribution < 1.29 is 5.11 Å². The highest BCUT2D eigenvalue weighted by atomic mass is 16.3. The van der Waals surface area contributed by atoms with Crippen LogP contribution in [0.2, 0.25) is 0 Å². The summed E-state index contributed by atoms with van der Waals surface area (Å²) in [5.74, 6) is 0.455. The van der Waals surface area contributed by atoms with E-state index < -0.39 is 0 Å². The highest BCUT2D eigenvalue weighted by molar-refractivity contribution is 4.99. The number of rotatable bonds is 2. The molecule has 1 saturated carbocycles. The number of aliphatic hydroxyl groups is 1. The zero-order valence-electron chi connectivity index (χ0n) is 10.8. The van der Waals surface area contributed by atoms with Crippen LogP contribution in [-0.2, 0) is 6.54 Å². The molecule has 2 aliphatic rings. The van der Waals surface area contributed by atoms with E-state index in [0.717, 1.165) is 38.2 Å². The summed E-state index contributed by atoms with van der Waals surface area (Å²) in [4.78, 5) is 10.8. The molecule has 2 unspecified atom stereocenters. The van der Waals surface area contributed by atoms with E-state index >= 15 is 0 Å². The number of piperidine rings is 1. The Bertz CT molecular complexity index is 397. The van der Waals surface area contributed by atoms with Gasteiger partial charge in [-0.2, -0.15) is 0 Å². The summed E-state index contributed by atoms with van der Waals surface area (Å²) in [6.07, 6.45) is 10.8. The van der Waals surface area contributed by atoms with Gasteiger partial charge in [-0.15, -0.1) is 0 Å². The van der Waals surface area contributed by atoms with Crippen molar-refractivity contribution in [3.63, 3.8) is 0 Å². The Balaban J connectivity index is 1.63. The van der Waals surface area contributed by atoms with Gasteiger partial charge in [0, 0.05) is 44.1 Å². The Morgan fingerprint density at radius 3 is 3.11 bits per heavy atom. The maximum atomic E-state index is 10.6. The zero-order chi connectivity index (χ0) is 12.4. The smallest absolute Gasteiger partial charge is 0.0726 e. The first-order chi connectivity index (χ1) is 8.76. The molecule has 1 saturated heterocycles. The third kappa shape index (κ3) is 2.40. The minimum absolute atomic E-state index is 0.378. The van der Waals surface area contributed by atoms with Crippen LogP contribution in [0.3, 0.4) is 0 Å². The number of hydrogen-bond acceptors (Lipinski definition) is 4. The van der Waals surface area contributed by atoms with Crippen LogP contribution in [0, 0.1) is 5.92 Å². The predicted octanol–water partition coefficient (Wildman–Crippen LogP) is 1.60. The van der Waals surface area contributed by atoms with Crippen molar-refractivity contribution in [2.75, 3.05) is 13.1 Å². The van der Waals surface area contributed by atoms with Gasteiger partial charge in [-0.25, -0.2) is 0 Å². The highest BCUT2D eigenvalue weighted by Gasteiger charge is 2.42. The quantitative estimate of drug-likeness (QED) is 0.862. The Morgan fingerprint density at radius 1 is 1.33 bits per heavy atom. The molecule has 18 heavy (non-hydrogen) atoms. The predicted molar refractivity (Wildman–Crippen MR) is 68.8 cm³/mol. The average molecular weight is 247 g/mol. The molecule has 1 aromatic rings. The molecule has 0 spiro atoms. The van der Waals surface area contributed by atoms with E-state index in [1.807, 2.05) is 6.20 Å². The van der Waals surface area contributed by atoms with Crippen molar-refractivity contribution in [1.29, 1.82) is 0 Å². The summed E-state index contributed by atoms with van der Waals surface area (Å²) in [5.41, 5.74) is 0.649. The molecule has 3 rings (SSSR count). The van der Waals surface area contributed by atoms with Gasteiger partial charge in [0.2, 0.25) is 0 Å². The first kappa shape index (κ1) is 12.1. The van der Waals surface area contributed by atoms with Crippen LogP contribution in [-0.4, -0.2) is 38.7 Å². The average Bonchev–Trinajstić information content (AvgIpc) is 2.40. The Kier molecular flexibility index (Phi) is 3.31. The molecule has 4 nitrogen and oxygen atoms in total. The van der Waals surface area contributed by atoms with Gasteiger partial charge in [0.15, 0.2) is 0 Å². The Morgan fingerprint density at radius 2 is 2.28 bits per heavy atom. The van der Waals surface area contributed by atoms with Crippen LogP contribution >= 0.6 is 0 Å². The van der Waals surface area contributed by atoms with Crippen LogP contribution < -0.4 is 0 Å². The number of nitrogens with zero attached hydrogens (tertiary/aromatic N) is 3. The van der Waals surface area contributed by atoms with Crippen molar-refractivity contribution in [1.82, 2.24) is 14.9 Å². The van der Waals surface area contributed by atoms with E-state index in [4.69, 9.17) is 0 Å². The molecule has 1 aliphatic carbocycles. The fourth-order valence-electron chi connectivity index (χ4n) is 3.42. The van der Waals surface area contributed by atoms with Crippen molar-refractivity contribution >= 4 is 0 Å². The van der Waals surface area contributed by atoms with Crippen LogP contribution in [0.5, 0.6) is 0 Å². The van der Waals surface area contributed by atoms with E-state index in [1.165, 1.54) is 19.3 Å². The standard InChI is InChI=1S/C14H21N3O/c18-14-4-2-1-3-12(14)10-17(8-5-14)11-13-9-15-6-7-16-13/h6-7,9,12,18H,1-5,8,10-11H2. The number of aromatic nitrogens is 2. The van der Waals surface area contributed by atoms with Crippen LogP contribution in [0.15, 0.2) is 18.6 Å². The van der Waals surface area contributed by atoms with Gasteiger partial charge in [-0.1, -0.05) is 12.8 Å². The lowest BCUT2D eigenvalue weighted by molar-refractivity contribution is -0.0969. The summed E-state index contributed by atoms with van der Waals surface area (Å²) < 4.78 is 0. The SMILES string of the molecule is OC12CCCCC1CN(Cc1cnccn1)CC2. The van der Waals surface area contributed by atoms with Crippen molar-refractivity contribution in [3.05, 3.63) is 24.3 Å². The molecule has 0 radical (unpaired) electrons. The molecule has 0 aromatic carbocycles. The van der Waals surface area contributed by atoms with Gasteiger partial charge in [0.1, 0.15) is 0 Å². The van der Waals surface area contributed by atoms with Gasteiger partial charge in [-0.3, -0.25) is 14.9 Å². The van der Waals surface area contributed by atoms with E-state index in [9.17, 15) is 5.11 Å². The second kappa shape index (κ2) is 4.94. The molecule has 2 heterocycles. The van der Waals surface area contributed by atoms with Crippen LogP contribution in [0.4, 0.5) is 0 Å². The molecule has 1 N–H and O–H groups in total. The second-order valence-corrected chi connectivity index (χ2v) is 5.73. The molecule has 2 atom stereocenters. The highest BCUT2D eigenvalue weighted by Crippen LogP contribution is 2.39. The maximum Gasteiger partial charge on any atom is 0.0726 e. The van der Waals surface area contributed by atoms with Gasteiger partial charge < -0.3 is 5.11 Å². The molecule has 98 valence electrons. The minimum atomic E-state index is -0.378. The topological polar surface area (TPSA) is 49.2 Å². The molecule has 4 heteroatoms. The molecule has 1 aliphatic heterocycles. The van der Waals surface area contributed by atoms with Gasteiger partial charge in [-0.05, 0) is 19.3 Å². The monoisotopic (exact) mass is 247 g/mol. The van der Waals surface area contributed by atoms with Crippen molar-refractivity contribution in [3.8, 4) is 0 Å². The summed E-state index contributed by atoms with van der Waals surface area (Å²) in [6, 6.07) is 0. The Hall–Kier alpha value is -1.00. The lowest BCUT2D eigenvalue weighted by Gasteiger charge is -2.47. The van der Waals surface area contributed by atoms with Crippen molar-refractivity contribution in [2.24, 2.45) is 5.92 Å². The van der Waals surface area contributed by atoms with Gasteiger partial charge in [0.25, 0.3) is 0 Å². The third-order valence-corrected chi connectivity index (χ3v) is 4.51. The number of hydrogen-bond donors (Lipinski definition) is 1. The van der Waals surface area contributed by atoms with E-state index in [2.05, 4.69) is 14.9 Å². The van der Waals surface area contributed by atoms with Gasteiger partial charge >= 0.3 is 0 Å². The van der Waals surface area contributed by atoms with Crippen LogP contribution in [0.1, 0.15) is 37.8 Å². The molecule has 0 bridgehead atoms. The molecular weight excluding hydrogens is 226 g/mol. The van der Waals surface area contributed by atoms with E-state index in [1.54, 1.807) is 12.4 Å². The lowest BCUT2D eigenvalue weighted by Crippen LogP contribution is -2.53. The molecular formula is C14H21N3O. The summed E-state index contributed by atoms with van der Waals surface area (Å²) in [6.45, 7) is 2.84. The molecule has 0 amide bonds. The van der Waals surface area contributed by atoms with Gasteiger partial charge in [0.05, 0.1) is 11.3 Å². The summed E-state index contributed by atoms with van der Waals surface area (Å²) in [7, 11) is 0. The fraction of sp³-hybridized carbons (Fsp3) is 0.714. The number of likely N-dealkylation sites (tertiary alicyclic amines) is 1. The minimum Gasteiger partial charge on any atom is -0.390 e. The summed E-state index contributed by atoms with van der Waals surface area (Å²) in [5, 5.41) is 10.6. The lowest BCUT2D eigenvalue weighted by atomic mass is 9.71. The van der Waals surface area contributed by atoms with E-state index in [0.29, 0.717) is 5.92 Å². The zero-order valence-corrected chi connectivity index (χ0v) is 10.8. The largest absolute Gasteiger partial charge is 0.390 e. The Labute approximate surface area is 108 Å². The van der Waals surface area contributed by atoms with Crippen LogP contribution in [0.25, 0.3) is 0 Å². The van der Waals surface area contributed by atoms with Crippen molar-refractivity contribution in [2.45, 2.75) is 44.2 Å². The third-order valence-electron chi connectivity index (χ3n) is 4.51. The fourth-order valence-corrected chi connectivity index (χ4v) is 3.42. The maximum absolute atomic E-state index is 10.6. The van der Waals surface area contributed by atoms with E-state index in [-0.39, 0.29) is 5.60 Å². The second-order valence-electron chi connectivity index (χ2n) is 5.73.